The van der Waals surface area contributed by atoms with Crippen molar-refractivity contribution in [1.82, 2.24) is 4.90 Å². The fourth-order valence-electron chi connectivity index (χ4n) is 1.95. The predicted octanol–water partition coefficient (Wildman–Crippen LogP) is 1.30. The minimum absolute atomic E-state index is 0.0380. The maximum Gasteiger partial charge on any atom is 0.238 e. The van der Waals surface area contributed by atoms with Crippen LogP contribution in [0.15, 0.2) is 18.2 Å². The van der Waals surface area contributed by atoms with Crippen LogP contribution in [-0.4, -0.2) is 36.3 Å². The molecule has 0 unspecified atom stereocenters. The van der Waals surface area contributed by atoms with E-state index in [4.69, 9.17) is 23.1 Å². The smallest absolute Gasteiger partial charge is 0.238 e. The second kappa shape index (κ2) is 7.85. The second-order valence-electron chi connectivity index (χ2n) is 5.32. The lowest BCUT2D eigenvalue weighted by molar-refractivity contribution is -0.121. The van der Waals surface area contributed by atoms with E-state index in [9.17, 15) is 9.59 Å². The Labute approximate surface area is 129 Å². The van der Waals surface area contributed by atoms with Crippen LogP contribution in [0.25, 0.3) is 0 Å². The average Bonchev–Trinajstić information content (AvgIpc) is 2.31. The van der Waals surface area contributed by atoms with E-state index in [1.54, 1.807) is 23.1 Å². The summed E-state index contributed by atoms with van der Waals surface area (Å²) in [5, 5.41) is 3.09. The normalized spacial score (nSPS) is 10.9. The molecule has 0 aliphatic carbocycles. The summed E-state index contributed by atoms with van der Waals surface area (Å²) in [6.07, 6.45) is 0. The number of benzene rings is 1. The maximum absolute atomic E-state index is 12.0. The van der Waals surface area contributed by atoms with Crippen molar-refractivity contribution >= 4 is 34.8 Å². The van der Waals surface area contributed by atoms with E-state index in [1.807, 2.05) is 13.8 Å². The van der Waals surface area contributed by atoms with Gasteiger partial charge in [0.1, 0.15) is 0 Å². The molecule has 0 aliphatic rings. The molecule has 21 heavy (non-hydrogen) atoms. The zero-order valence-electron chi connectivity index (χ0n) is 12.2. The summed E-state index contributed by atoms with van der Waals surface area (Å²) < 4.78 is 0. The van der Waals surface area contributed by atoms with Gasteiger partial charge < -0.3 is 16.8 Å². The zero-order valence-corrected chi connectivity index (χ0v) is 13.0. The third-order valence-electron chi connectivity index (χ3n) is 2.63. The molecule has 0 saturated carbocycles. The second-order valence-corrected chi connectivity index (χ2v) is 5.72. The van der Waals surface area contributed by atoms with Gasteiger partial charge in [0.05, 0.1) is 23.8 Å². The summed E-state index contributed by atoms with van der Waals surface area (Å²) >= 11 is 5.99. The van der Waals surface area contributed by atoms with Gasteiger partial charge in [-0.15, -0.1) is 0 Å². The van der Waals surface area contributed by atoms with E-state index < -0.39 is 5.91 Å². The maximum atomic E-state index is 12.0. The number of anilines is 2. The molecule has 1 aromatic carbocycles. The van der Waals surface area contributed by atoms with Crippen LogP contribution in [0, 0.1) is 5.92 Å². The van der Waals surface area contributed by atoms with E-state index in [-0.39, 0.29) is 19.0 Å². The first-order valence-corrected chi connectivity index (χ1v) is 7.01. The fourth-order valence-corrected chi connectivity index (χ4v) is 2.12. The Kier molecular flexibility index (Phi) is 6.45. The molecule has 116 valence electrons. The van der Waals surface area contributed by atoms with Crippen LogP contribution in [0.3, 0.4) is 0 Å². The molecule has 0 aliphatic heterocycles. The van der Waals surface area contributed by atoms with Gasteiger partial charge >= 0.3 is 0 Å². The van der Waals surface area contributed by atoms with Crippen molar-refractivity contribution in [2.75, 3.05) is 30.7 Å². The van der Waals surface area contributed by atoms with Gasteiger partial charge in [-0.2, -0.15) is 0 Å². The molecule has 0 fully saturated rings. The average molecular weight is 313 g/mol. The number of hydrogen-bond donors (Lipinski definition) is 3. The number of carbonyl (C=O) groups excluding carboxylic acids is 2. The Balaban J connectivity index is 2.68. The summed E-state index contributed by atoms with van der Waals surface area (Å²) in [6, 6.07) is 4.85. The Hall–Kier alpha value is -1.79. The third kappa shape index (κ3) is 6.46. The third-order valence-corrected chi connectivity index (χ3v) is 2.96. The number of halogens is 1. The molecule has 0 aromatic heterocycles. The van der Waals surface area contributed by atoms with Crippen molar-refractivity contribution in [2.45, 2.75) is 13.8 Å². The lowest BCUT2D eigenvalue weighted by Gasteiger charge is -2.22. The molecule has 5 N–H and O–H groups in total. The highest BCUT2D eigenvalue weighted by atomic mass is 35.5. The van der Waals surface area contributed by atoms with Gasteiger partial charge in [-0.3, -0.25) is 14.5 Å². The number of primary amides is 1. The Bertz CT molecular complexity index is 520. The molecular formula is C14H21ClN4O2. The van der Waals surface area contributed by atoms with Crippen molar-refractivity contribution in [3.63, 3.8) is 0 Å². The highest BCUT2D eigenvalue weighted by Gasteiger charge is 2.15. The Morgan fingerprint density at radius 3 is 2.57 bits per heavy atom. The number of rotatable bonds is 7. The topological polar surface area (TPSA) is 101 Å². The number of nitrogens with zero attached hydrogens (tertiary/aromatic N) is 1. The lowest BCUT2D eigenvalue weighted by Crippen LogP contribution is -2.41. The van der Waals surface area contributed by atoms with Crippen LogP contribution in [-0.2, 0) is 9.59 Å². The summed E-state index contributed by atoms with van der Waals surface area (Å²) in [4.78, 5) is 24.8. The standard InChI is InChI=1S/C14H21ClN4O2/c1-9(2)6-19(7-13(17)20)8-14(21)18-12-5-10(16)3-4-11(12)15/h3-5,9H,6-8,16H2,1-2H3,(H2,17,20)(H,18,21). The van der Waals surface area contributed by atoms with Gasteiger partial charge in [-0.1, -0.05) is 25.4 Å². The van der Waals surface area contributed by atoms with Crippen molar-refractivity contribution < 1.29 is 9.59 Å². The molecule has 0 spiro atoms. The van der Waals surface area contributed by atoms with Crippen molar-refractivity contribution in [2.24, 2.45) is 11.7 Å². The highest BCUT2D eigenvalue weighted by molar-refractivity contribution is 6.33. The Morgan fingerprint density at radius 2 is 2.00 bits per heavy atom. The first-order chi connectivity index (χ1) is 9.77. The van der Waals surface area contributed by atoms with Crippen molar-refractivity contribution in [3.8, 4) is 0 Å². The summed E-state index contributed by atoms with van der Waals surface area (Å²) in [5.74, 6) is -0.428. The minimum atomic E-state index is -0.467. The van der Waals surface area contributed by atoms with Gasteiger partial charge in [0.25, 0.3) is 0 Å². The molecule has 2 amide bonds. The van der Waals surface area contributed by atoms with Crippen LogP contribution in [0.4, 0.5) is 11.4 Å². The van der Waals surface area contributed by atoms with Gasteiger partial charge in [0.15, 0.2) is 0 Å². The van der Waals surface area contributed by atoms with Crippen LogP contribution >= 0.6 is 11.6 Å². The van der Waals surface area contributed by atoms with Gasteiger partial charge in [0, 0.05) is 12.2 Å². The van der Waals surface area contributed by atoms with Crippen LogP contribution < -0.4 is 16.8 Å². The molecule has 7 heteroatoms. The van der Waals surface area contributed by atoms with E-state index in [2.05, 4.69) is 5.32 Å². The van der Waals surface area contributed by atoms with E-state index >= 15 is 0 Å². The lowest BCUT2D eigenvalue weighted by atomic mass is 10.2. The number of nitrogens with two attached hydrogens (primary N) is 2. The summed E-state index contributed by atoms with van der Waals surface area (Å²) in [7, 11) is 0. The predicted molar refractivity (Wildman–Crippen MR) is 85.0 cm³/mol. The summed E-state index contributed by atoms with van der Waals surface area (Å²) in [6.45, 7) is 4.70. The van der Waals surface area contributed by atoms with Gasteiger partial charge in [-0.05, 0) is 24.1 Å². The number of nitrogen functional groups attached to an aromatic ring is 1. The SMILES string of the molecule is CC(C)CN(CC(N)=O)CC(=O)Nc1cc(N)ccc1Cl. The van der Waals surface area contributed by atoms with Crippen LogP contribution in [0.1, 0.15) is 13.8 Å². The fraction of sp³-hybridized carbons (Fsp3) is 0.429. The van der Waals surface area contributed by atoms with Gasteiger partial charge in [-0.25, -0.2) is 0 Å². The van der Waals surface area contributed by atoms with E-state index in [0.29, 0.717) is 28.9 Å². The molecule has 0 atom stereocenters. The molecule has 0 bridgehead atoms. The highest BCUT2D eigenvalue weighted by Crippen LogP contribution is 2.23. The van der Waals surface area contributed by atoms with E-state index in [1.165, 1.54) is 0 Å². The molecule has 0 heterocycles. The molecule has 1 rings (SSSR count). The molecule has 0 saturated heterocycles. The number of carbonyl (C=O) groups is 2. The Morgan fingerprint density at radius 1 is 1.33 bits per heavy atom. The first kappa shape index (κ1) is 17.3. The molecular weight excluding hydrogens is 292 g/mol. The number of amides is 2. The molecule has 1 aromatic rings. The van der Waals surface area contributed by atoms with Crippen LogP contribution in [0.5, 0.6) is 0 Å². The van der Waals surface area contributed by atoms with Crippen LogP contribution in [0.2, 0.25) is 5.02 Å². The largest absolute Gasteiger partial charge is 0.399 e. The first-order valence-electron chi connectivity index (χ1n) is 6.63. The minimum Gasteiger partial charge on any atom is -0.399 e. The quantitative estimate of drug-likeness (QED) is 0.660. The monoisotopic (exact) mass is 312 g/mol. The molecule has 6 nitrogen and oxygen atoms in total. The zero-order chi connectivity index (χ0) is 16.0. The number of hydrogen-bond acceptors (Lipinski definition) is 4. The summed E-state index contributed by atoms with van der Waals surface area (Å²) in [5.41, 5.74) is 11.8. The molecule has 0 radical (unpaired) electrons. The van der Waals surface area contributed by atoms with Crippen molar-refractivity contribution in [1.29, 1.82) is 0 Å². The van der Waals surface area contributed by atoms with Gasteiger partial charge in [0.2, 0.25) is 11.8 Å². The number of nitrogens with one attached hydrogen (secondary N) is 1. The van der Waals surface area contributed by atoms with Crippen molar-refractivity contribution in [3.05, 3.63) is 23.2 Å². The van der Waals surface area contributed by atoms with E-state index in [0.717, 1.165) is 0 Å².